The number of nitrogens with two attached hydrogens (primary N) is 1. The molecule has 3 nitrogen and oxygen atoms in total. The first-order valence-corrected chi connectivity index (χ1v) is 7.20. The van der Waals surface area contributed by atoms with Crippen LogP contribution < -0.4 is 15.2 Å². The Hall–Kier alpha value is -2.00. The van der Waals surface area contributed by atoms with E-state index in [1.807, 2.05) is 24.3 Å². The first kappa shape index (κ1) is 15.4. The molecule has 0 aliphatic carbocycles. The summed E-state index contributed by atoms with van der Waals surface area (Å²) in [4.78, 5) is 0. The van der Waals surface area contributed by atoms with Gasteiger partial charge in [-0.25, -0.2) is 0 Å². The second-order valence-corrected chi connectivity index (χ2v) is 5.45. The van der Waals surface area contributed by atoms with Crippen LogP contribution >= 0.6 is 0 Å². The third kappa shape index (κ3) is 3.56. The lowest BCUT2D eigenvalue weighted by Crippen LogP contribution is -2.00. The molecule has 0 aromatic heterocycles. The minimum Gasteiger partial charge on any atom is -0.497 e. The summed E-state index contributed by atoms with van der Waals surface area (Å²) in [6.07, 6.45) is 0. The molecule has 2 aromatic rings. The number of rotatable bonds is 5. The fourth-order valence-corrected chi connectivity index (χ4v) is 2.41. The zero-order valence-electron chi connectivity index (χ0n) is 13.1. The van der Waals surface area contributed by atoms with E-state index >= 15 is 0 Å². The van der Waals surface area contributed by atoms with Gasteiger partial charge in [0.25, 0.3) is 0 Å². The third-order valence-corrected chi connectivity index (χ3v) is 3.59. The second kappa shape index (κ2) is 6.64. The summed E-state index contributed by atoms with van der Waals surface area (Å²) < 4.78 is 11.2. The predicted octanol–water partition coefficient (Wildman–Crippen LogP) is 4.38. The van der Waals surface area contributed by atoms with Crippen LogP contribution in [0.25, 0.3) is 0 Å². The molecule has 0 saturated carbocycles. The van der Waals surface area contributed by atoms with Crippen molar-refractivity contribution in [3.8, 4) is 17.2 Å². The molecular weight excluding hydrogens is 262 g/mol. The van der Waals surface area contributed by atoms with E-state index in [4.69, 9.17) is 15.2 Å². The van der Waals surface area contributed by atoms with Crippen LogP contribution in [0.5, 0.6) is 17.2 Å². The Kier molecular flexibility index (Phi) is 4.86. The Morgan fingerprint density at radius 1 is 1.05 bits per heavy atom. The first-order valence-electron chi connectivity index (χ1n) is 7.20. The summed E-state index contributed by atoms with van der Waals surface area (Å²) in [7, 11) is 1.64. The van der Waals surface area contributed by atoms with Crippen LogP contribution in [0, 0.1) is 6.92 Å². The molecule has 0 fully saturated rings. The van der Waals surface area contributed by atoms with Crippen LogP contribution in [0.15, 0.2) is 36.4 Å². The molecule has 0 aliphatic heterocycles. The van der Waals surface area contributed by atoms with Crippen LogP contribution in [-0.2, 0) is 6.54 Å². The van der Waals surface area contributed by atoms with Gasteiger partial charge in [-0.05, 0) is 42.2 Å². The number of hydrogen-bond acceptors (Lipinski definition) is 3. The van der Waals surface area contributed by atoms with Gasteiger partial charge in [-0.2, -0.15) is 0 Å². The molecule has 0 bridgehead atoms. The second-order valence-electron chi connectivity index (χ2n) is 5.45. The highest BCUT2D eigenvalue weighted by Gasteiger charge is 2.08. The van der Waals surface area contributed by atoms with Gasteiger partial charge in [0.1, 0.15) is 17.2 Å². The molecule has 21 heavy (non-hydrogen) atoms. The van der Waals surface area contributed by atoms with Crippen LogP contribution in [-0.4, -0.2) is 7.11 Å². The van der Waals surface area contributed by atoms with E-state index in [0.717, 1.165) is 22.8 Å². The van der Waals surface area contributed by atoms with E-state index in [1.54, 1.807) is 7.11 Å². The van der Waals surface area contributed by atoms with Crippen molar-refractivity contribution in [1.82, 2.24) is 0 Å². The van der Waals surface area contributed by atoms with Crippen molar-refractivity contribution in [2.45, 2.75) is 33.2 Å². The zero-order valence-corrected chi connectivity index (χ0v) is 13.1. The molecule has 0 amide bonds. The molecule has 3 heteroatoms. The summed E-state index contributed by atoms with van der Waals surface area (Å²) >= 11 is 0. The van der Waals surface area contributed by atoms with Gasteiger partial charge in [0.2, 0.25) is 0 Å². The number of aryl methyl sites for hydroxylation is 1. The lowest BCUT2D eigenvalue weighted by molar-refractivity contribution is 0.408. The van der Waals surface area contributed by atoms with Gasteiger partial charge in [-0.15, -0.1) is 0 Å². The average Bonchev–Trinajstić information content (AvgIpc) is 2.46. The molecular formula is C18H23NO2. The molecule has 112 valence electrons. The van der Waals surface area contributed by atoms with Gasteiger partial charge >= 0.3 is 0 Å². The van der Waals surface area contributed by atoms with Crippen molar-refractivity contribution in [2.24, 2.45) is 5.73 Å². The van der Waals surface area contributed by atoms with E-state index in [1.165, 1.54) is 11.1 Å². The van der Waals surface area contributed by atoms with Gasteiger partial charge in [-0.3, -0.25) is 0 Å². The molecule has 0 atom stereocenters. The van der Waals surface area contributed by atoms with E-state index in [0.29, 0.717) is 12.5 Å². The monoisotopic (exact) mass is 285 g/mol. The largest absolute Gasteiger partial charge is 0.497 e. The number of benzene rings is 2. The SMILES string of the molecule is COc1ccc(CN)c(Oc2ccc(C(C)C)c(C)c2)c1. The van der Waals surface area contributed by atoms with Crippen LogP contribution in [0.3, 0.4) is 0 Å². The molecule has 2 N–H and O–H groups in total. The fraction of sp³-hybridized carbons (Fsp3) is 0.333. The molecule has 0 radical (unpaired) electrons. The van der Waals surface area contributed by atoms with Gasteiger partial charge in [0.15, 0.2) is 0 Å². The maximum absolute atomic E-state index is 6.00. The number of hydrogen-bond donors (Lipinski definition) is 1. The van der Waals surface area contributed by atoms with Crippen molar-refractivity contribution < 1.29 is 9.47 Å². The Labute approximate surface area is 126 Å². The summed E-state index contributed by atoms with van der Waals surface area (Å²) in [5.41, 5.74) is 9.30. The van der Waals surface area contributed by atoms with Crippen molar-refractivity contribution in [2.75, 3.05) is 7.11 Å². The minimum absolute atomic E-state index is 0.433. The van der Waals surface area contributed by atoms with Crippen molar-refractivity contribution >= 4 is 0 Å². The third-order valence-electron chi connectivity index (χ3n) is 3.59. The first-order chi connectivity index (χ1) is 10.0. The van der Waals surface area contributed by atoms with E-state index in [9.17, 15) is 0 Å². The van der Waals surface area contributed by atoms with E-state index in [2.05, 4.69) is 32.9 Å². The van der Waals surface area contributed by atoms with Crippen molar-refractivity contribution in [1.29, 1.82) is 0 Å². The van der Waals surface area contributed by atoms with Gasteiger partial charge < -0.3 is 15.2 Å². The lowest BCUT2D eigenvalue weighted by atomic mass is 9.98. The molecule has 2 aromatic carbocycles. The smallest absolute Gasteiger partial charge is 0.135 e. The molecule has 0 heterocycles. The average molecular weight is 285 g/mol. The van der Waals surface area contributed by atoms with E-state index < -0.39 is 0 Å². The zero-order chi connectivity index (χ0) is 15.4. The summed E-state index contributed by atoms with van der Waals surface area (Å²) in [5, 5.41) is 0. The summed E-state index contributed by atoms with van der Waals surface area (Å²) in [6.45, 7) is 6.93. The van der Waals surface area contributed by atoms with Crippen molar-refractivity contribution in [3.05, 3.63) is 53.1 Å². The Morgan fingerprint density at radius 3 is 2.33 bits per heavy atom. The standard InChI is InChI=1S/C18H23NO2/c1-12(2)17-8-7-16(9-13(17)3)21-18-10-15(20-4)6-5-14(18)11-19/h5-10,12H,11,19H2,1-4H3. The Balaban J connectivity index is 2.31. The topological polar surface area (TPSA) is 44.5 Å². The Bertz CT molecular complexity index is 621. The maximum Gasteiger partial charge on any atom is 0.135 e. The van der Waals surface area contributed by atoms with E-state index in [-0.39, 0.29) is 0 Å². The highest BCUT2D eigenvalue weighted by Crippen LogP contribution is 2.31. The maximum atomic E-state index is 6.00. The van der Waals surface area contributed by atoms with Gasteiger partial charge in [0, 0.05) is 18.2 Å². The predicted molar refractivity (Wildman–Crippen MR) is 86.2 cm³/mol. The normalized spacial score (nSPS) is 10.8. The molecule has 0 spiro atoms. The highest BCUT2D eigenvalue weighted by molar-refractivity contribution is 5.45. The minimum atomic E-state index is 0.433. The highest BCUT2D eigenvalue weighted by atomic mass is 16.5. The van der Waals surface area contributed by atoms with Crippen LogP contribution in [0.2, 0.25) is 0 Å². The van der Waals surface area contributed by atoms with Gasteiger partial charge in [-0.1, -0.05) is 26.0 Å². The van der Waals surface area contributed by atoms with Crippen molar-refractivity contribution in [3.63, 3.8) is 0 Å². The molecule has 2 rings (SSSR count). The van der Waals surface area contributed by atoms with Gasteiger partial charge in [0.05, 0.1) is 7.11 Å². The quantitative estimate of drug-likeness (QED) is 0.886. The Morgan fingerprint density at radius 2 is 1.76 bits per heavy atom. The number of methoxy groups -OCH3 is 1. The molecule has 0 saturated heterocycles. The molecule has 0 unspecified atom stereocenters. The van der Waals surface area contributed by atoms with Crippen LogP contribution in [0.4, 0.5) is 0 Å². The lowest BCUT2D eigenvalue weighted by Gasteiger charge is -2.14. The fourth-order valence-electron chi connectivity index (χ4n) is 2.41. The van der Waals surface area contributed by atoms with Crippen LogP contribution in [0.1, 0.15) is 36.5 Å². The molecule has 0 aliphatic rings. The number of ether oxygens (including phenoxy) is 2. The summed E-state index contributed by atoms with van der Waals surface area (Å²) in [5.74, 6) is 2.83. The summed E-state index contributed by atoms with van der Waals surface area (Å²) in [6, 6.07) is 11.9.